The zero-order chi connectivity index (χ0) is 32.0. The number of halogens is 1. The molecule has 0 atom stereocenters. The largest absolute Gasteiger partial charge is 0.478 e. The molecule has 8 nitrogen and oxygen atoms in total. The highest BCUT2D eigenvalue weighted by molar-refractivity contribution is 7.21. The van der Waals surface area contributed by atoms with Gasteiger partial charge in [0.05, 0.1) is 20.8 Å². The molecule has 1 aliphatic heterocycles. The zero-order valence-corrected chi connectivity index (χ0v) is 27.3. The molecule has 0 radical (unpaired) electrons. The van der Waals surface area contributed by atoms with Crippen molar-refractivity contribution in [3.05, 3.63) is 75.6 Å². The van der Waals surface area contributed by atoms with E-state index >= 15 is 0 Å². The third kappa shape index (κ3) is 5.60. The first kappa shape index (κ1) is 30.6. The second-order valence-corrected chi connectivity index (χ2v) is 14.3. The molecule has 2 amide bonds. The summed E-state index contributed by atoms with van der Waals surface area (Å²) in [5, 5.41) is 15.7. The number of rotatable bonds is 7. The maximum absolute atomic E-state index is 13.9. The van der Waals surface area contributed by atoms with Gasteiger partial charge in [0.1, 0.15) is 5.54 Å². The maximum atomic E-state index is 13.9. The number of carboxylic acid groups (broad SMARTS) is 1. The van der Waals surface area contributed by atoms with Crippen LogP contribution in [0.2, 0.25) is 5.02 Å². The fourth-order valence-corrected chi connectivity index (χ4v) is 8.61. The quantitative estimate of drug-likeness (QED) is 0.175. The molecule has 0 unspecified atom stereocenters. The van der Waals surface area contributed by atoms with Crippen LogP contribution in [0.1, 0.15) is 78.1 Å². The molecule has 2 saturated carbocycles. The summed E-state index contributed by atoms with van der Waals surface area (Å²) in [4.78, 5) is 41.1. The van der Waals surface area contributed by atoms with Gasteiger partial charge in [0.15, 0.2) is 0 Å². The Morgan fingerprint density at radius 3 is 2.46 bits per heavy atom. The number of nitrogens with one attached hydrogen (secondary N) is 2. The van der Waals surface area contributed by atoms with Gasteiger partial charge in [0.25, 0.3) is 5.91 Å². The Kier molecular flexibility index (Phi) is 8.15. The molecule has 2 aromatic carbocycles. The number of benzene rings is 2. The van der Waals surface area contributed by atoms with Crippen LogP contribution in [0.4, 0.5) is 11.4 Å². The first-order valence-electron chi connectivity index (χ1n) is 16.0. The Morgan fingerprint density at radius 1 is 1.00 bits per heavy atom. The number of hydrogen-bond donors (Lipinski definition) is 3. The fraction of sp³-hybridized carbons (Fsp3) is 0.361. The molecule has 7 rings (SSSR count). The van der Waals surface area contributed by atoms with Gasteiger partial charge in [-0.2, -0.15) is 0 Å². The Hall–Kier alpha value is -4.08. The predicted molar refractivity (Wildman–Crippen MR) is 185 cm³/mol. The maximum Gasteiger partial charge on any atom is 0.328 e. The number of carboxylic acids is 1. The van der Waals surface area contributed by atoms with Crippen molar-refractivity contribution in [1.82, 2.24) is 9.88 Å². The molecule has 2 aromatic heterocycles. The summed E-state index contributed by atoms with van der Waals surface area (Å²) in [6.45, 7) is 1.63. The van der Waals surface area contributed by atoms with E-state index in [1.54, 1.807) is 35.6 Å². The monoisotopic (exact) mass is 656 g/mol. The van der Waals surface area contributed by atoms with E-state index in [-0.39, 0.29) is 11.8 Å². The molecule has 10 heteroatoms. The lowest BCUT2D eigenvalue weighted by Crippen LogP contribution is -2.61. The van der Waals surface area contributed by atoms with Gasteiger partial charge < -0.3 is 25.2 Å². The molecule has 0 spiro atoms. The molecule has 0 saturated heterocycles. The first-order chi connectivity index (χ1) is 22.2. The highest BCUT2D eigenvalue weighted by Gasteiger charge is 2.46. The number of likely N-dealkylation sites (N-methyl/N-ethyl adjacent to an activating group) is 1. The summed E-state index contributed by atoms with van der Waals surface area (Å²) in [5.41, 5.74) is 6.37. The average molecular weight is 657 g/mol. The lowest BCUT2D eigenvalue weighted by molar-refractivity contribution is -0.131. The number of carbonyl (C=O) groups is 3. The van der Waals surface area contributed by atoms with Crippen LogP contribution in [0.25, 0.3) is 27.6 Å². The summed E-state index contributed by atoms with van der Waals surface area (Å²) in [7, 11) is 2.11. The molecular formula is C36H37ClN4O4S. The Balaban J connectivity index is 1.19. The summed E-state index contributed by atoms with van der Waals surface area (Å²) in [6.07, 6.45) is 10.5. The molecular weight excluding hydrogens is 620 g/mol. The number of fused-ring (bicyclic) bond motifs is 5. The number of hydrogen-bond acceptors (Lipinski definition) is 5. The lowest BCUT2D eigenvalue weighted by atomic mass is 9.75. The van der Waals surface area contributed by atoms with Crippen LogP contribution in [-0.2, 0) is 16.1 Å². The van der Waals surface area contributed by atoms with E-state index in [0.29, 0.717) is 34.9 Å². The smallest absolute Gasteiger partial charge is 0.328 e. The number of amides is 2. The SMILES string of the molecule is CN1CCn2c(c(C3CCCCC3)c3sc(C(=O)NC4(C(=O)Nc5ccc(/C=C/C(=O)O)cc5)CCC4)cc32)-c2ccc(Cl)cc21. The van der Waals surface area contributed by atoms with Gasteiger partial charge in [-0.25, -0.2) is 4.79 Å². The van der Waals surface area contributed by atoms with Crippen molar-refractivity contribution >= 4 is 68.4 Å². The van der Waals surface area contributed by atoms with E-state index in [2.05, 4.69) is 39.3 Å². The Morgan fingerprint density at radius 2 is 1.76 bits per heavy atom. The number of nitrogens with zero attached hydrogens (tertiary/aromatic N) is 2. The van der Waals surface area contributed by atoms with Crippen LogP contribution < -0.4 is 15.5 Å². The summed E-state index contributed by atoms with van der Waals surface area (Å²) in [6, 6.07) is 15.2. The van der Waals surface area contributed by atoms with Gasteiger partial charge in [0, 0.05) is 48.2 Å². The van der Waals surface area contributed by atoms with Gasteiger partial charge in [-0.15, -0.1) is 11.3 Å². The second-order valence-electron chi connectivity index (χ2n) is 12.8. The lowest BCUT2D eigenvalue weighted by Gasteiger charge is -2.40. The molecule has 2 fully saturated rings. The molecule has 3 heterocycles. The molecule has 2 aliphatic carbocycles. The van der Waals surface area contributed by atoms with E-state index < -0.39 is 11.5 Å². The molecule has 4 aromatic rings. The number of anilines is 2. The van der Waals surface area contributed by atoms with Gasteiger partial charge in [-0.1, -0.05) is 43.0 Å². The normalized spacial score (nSPS) is 17.7. The molecule has 46 heavy (non-hydrogen) atoms. The number of carbonyl (C=O) groups excluding carboxylic acids is 2. The number of thiophene rings is 1. The Bertz CT molecular complexity index is 1860. The topological polar surface area (TPSA) is 104 Å². The van der Waals surface area contributed by atoms with Crippen LogP contribution in [0.5, 0.6) is 0 Å². The summed E-state index contributed by atoms with van der Waals surface area (Å²) in [5.74, 6) is -1.04. The Labute approximate surface area is 277 Å². The van der Waals surface area contributed by atoms with Gasteiger partial charge in [-0.05, 0) is 91.6 Å². The van der Waals surface area contributed by atoms with Crippen LogP contribution in [0, 0.1) is 0 Å². The highest BCUT2D eigenvalue weighted by Crippen LogP contribution is 2.49. The summed E-state index contributed by atoms with van der Waals surface area (Å²) >= 11 is 8.01. The van der Waals surface area contributed by atoms with Crippen molar-refractivity contribution in [2.24, 2.45) is 0 Å². The molecule has 238 valence electrons. The van der Waals surface area contributed by atoms with Crippen molar-refractivity contribution in [2.45, 2.75) is 69.4 Å². The predicted octanol–water partition coefficient (Wildman–Crippen LogP) is 7.91. The third-order valence-electron chi connectivity index (χ3n) is 9.88. The van der Waals surface area contributed by atoms with E-state index in [9.17, 15) is 14.4 Å². The van der Waals surface area contributed by atoms with Crippen molar-refractivity contribution in [1.29, 1.82) is 0 Å². The molecule has 3 aliphatic rings. The highest BCUT2D eigenvalue weighted by atomic mass is 35.5. The van der Waals surface area contributed by atoms with Crippen molar-refractivity contribution < 1.29 is 19.5 Å². The number of aliphatic carboxylic acids is 1. The first-order valence-corrected chi connectivity index (χ1v) is 17.2. The number of aromatic nitrogens is 1. The van der Waals surface area contributed by atoms with Gasteiger partial charge >= 0.3 is 5.97 Å². The van der Waals surface area contributed by atoms with Gasteiger partial charge in [-0.3, -0.25) is 9.59 Å². The fourth-order valence-electron chi connectivity index (χ4n) is 7.26. The van der Waals surface area contributed by atoms with E-state index in [0.717, 1.165) is 54.7 Å². The van der Waals surface area contributed by atoms with Crippen LogP contribution in [0.3, 0.4) is 0 Å². The van der Waals surface area contributed by atoms with Crippen LogP contribution in [0.15, 0.2) is 54.6 Å². The van der Waals surface area contributed by atoms with Crippen molar-refractivity contribution in [3.8, 4) is 11.3 Å². The zero-order valence-electron chi connectivity index (χ0n) is 25.8. The summed E-state index contributed by atoms with van der Waals surface area (Å²) < 4.78 is 3.59. The minimum atomic E-state index is -1.02. The molecule has 0 bridgehead atoms. The van der Waals surface area contributed by atoms with Crippen molar-refractivity contribution in [2.75, 3.05) is 23.8 Å². The van der Waals surface area contributed by atoms with Crippen molar-refractivity contribution in [3.63, 3.8) is 0 Å². The van der Waals surface area contributed by atoms with E-state index in [1.807, 2.05) is 12.1 Å². The minimum Gasteiger partial charge on any atom is -0.478 e. The standard InChI is InChI=1S/C36H37ClN4O4S/c1-40-18-19-41-28-21-29(46-33(28)31(23-6-3-2-4-7-23)32(41)26-14-11-24(37)20-27(26)40)34(44)39-36(16-5-17-36)35(45)38-25-12-8-22(9-13-25)10-15-30(42)43/h8-15,20-21,23H,2-7,16-19H2,1H3,(H,38,45)(H,39,44)(H,42,43)/b15-10+. The molecule has 3 N–H and O–H groups in total. The van der Waals surface area contributed by atoms with E-state index in [1.165, 1.54) is 46.9 Å². The second kappa shape index (κ2) is 12.3. The third-order valence-corrected chi connectivity index (χ3v) is 11.3. The minimum absolute atomic E-state index is 0.216. The van der Waals surface area contributed by atoms with Crippen LogP contribution >= 0.6 is 22.9 Å². The van der Waals surface area contributed by atoms with E-state index in [4.69, 9.17) is 16.7 Å². The van der Waals surface area contributed by atoms with Gasteiger partial charge in [0.2, 0.25) is 5.91 Å². The average Bonchev–Trinajstić information content (AvgIpc) is 3.55. The van der Waals surface area contributed by atoms with Crippen LogP contribution in [-0.4, -0.2) is 46.6 Å².